The Bertz CT molecular complexity index is 558. The minimum absolute atomic E-state index is 0. The number of ether oxygens (including phenoxy) is 1. The minimum Gasteiger partial charge on any atom is -0.465 e. The molecule has 0 aliphatic rings. The molecule has 0 radical (unpaired) electrons. The molecule has 0 unspecified atom stereocenters. The van der Waals surface area contributed by atoms with E-state index < -0.39 is 0 Å². The smallest absolute Gasteiger partial charge is 0.337 e. The van der Waals surface area contributed by atoms with Crippen LogP contribution in [0.4, 0.5) is 0 Å². The molecule has 2 aromatic rings. The second-order valence-electron chi connectivity index (χ2n) is 4.60. The molecule has 0 heterocycles. The standard InChI is InChI=1S/C17H19NO2.ClH/c1-20-17(19)16-9-5-8-15(12-16)13-18-11-10-14-6-3-2-4-7-14;/h2-9,12,18H,10-11,13H2,1H3;1H. The van der Waals surface area contributed by atoms with Gasteiger partial charge in [0.25, 0.3) is 0 Å². The molecule has 2 aromatic carbocycles. The van der Waals surface area contributed by atoms with Crippen molar-refractivity contribution in [3.8, 4) is 0 Å². The fourth-order valence-corrected chi connectivity index (χ4v) is 2.04. The number of methoxy groups -OCH3 is 1. The van der Waals surface area contributed by atoms with Crippen molar-refractivity contribution in [1.82, 2.24) is 5.32 Å². The Morgan fingerprint density at radius 3 is 2.48 bits per heavy atom. The number of esters is 1. The van der Waals surface area contributed by atoms with Gasteiger partial charge in [-0.2, -0.15) is 0 Å². The van der Waals surface area contributed by atoms with Crippen molar-refractivity contribution in [1.29, 1.82) is 0 Å². The highest BCUT2D eigenvalue weighted by Crippen LogP contribution is 2.06. The van der Waals surface area contributed by atoms with Crippen LogP contribution in [0.25, 0.3) is 0 Å². The molecule has 0 spiro atoms. The fraction of sp³-hybridized carbons (Fsp3) is 0.235. The largest absolute Gasteiger partial charge is 0.465 e. The van der Waals surface area contributed by atoms with Gasteiger partial charge in [0, 0.05) is 6.54 Å². The van der Waals surface area contributed by atoms with E-state index >= 15 is 0 Å². The molecule has 112 valence electrons. The zero-order valence-corrected chi connectivity index (χ0v) is 12.9. The quantitative estimate of drug-likeness (QED) is 0.658. The average molecular weight is 306 g/mol. The normalized spacial score (nSPS) is 9.76. The van der Waals surface area contributed by atoms with E-state index in [9.17, 15) is 4.79 Å². The van der Waals surface area contributed by atoms with Crippen LogP contribution in [0.2, 0.25) is 0 Å². The zero-order valence-electron chi connectivity index (χ0n) is 12.0. The van der Waals surface area contributed by atoms with Crippen LogP contribution in [0.5, 0.6) is 0 Å². The van der Waals surface area contributed by atoms with Crippen molar-refractivity contribution in [2.75, 3.05) is 13.7 Å². The van der Waals surface area contributed by atoms with E-state index in [1.807, 2.05) is 24.3 Å². The van der Waals surface area contributed by atoms with Crippen LogP contribution >= 0.6 is 12.4 Å². The summed E-state index contributed by atoms with van der Waals surface area (Å²) in [5.74, 6) is -0.295. The number of carbonyl (C=O) groups excluding carboxylic acids is 1. The van der Waals surface area contributed by atoms with Gasteiger partial charge in [-0.15, -0.1) is 12.4 Å². The van der Waals surface area contributed by atoms with Crippen LogP contribution in [0, 0.1) is 0 Å². The third-order valence-electron chi connectivity index (χ3n) is 3.11. The average Bonchev–Trinajstić information content (AvgIpc) is 2.52. The first-order valence-corrected chi connectivity index (χ1v) is 6.71. The second kappa shape index (κ2) is 9.16. The molecule has 2 rings (SSSR count). The first-order valence-electron chi connectivity index (χ1n) is 6.71. The highest BCUT2D eigenvalue weighted by atomic mass is 35.5. The van der Waals surface area contributed by atoms with Crippen LogP contribution in [0.15, 0.2) is 54.6 Å². The lowest BCUT2D eigenvalue weighted by Crippen LogP contribution is -2.17. The van der Waals surface area contributed by atoms with Gasteiger partial charge in [0.1, 0.15) is 0 Å². The fourth-order valence-electron chi connectivity index (χ4n) is 2.04. The Morgan fingerprint density at radius 1 is 1.05 bits per heavy atom. The Balaban J connectivity index is 0.00000220. The number of hydrogen-bond donors (Lipinski definition) is 1. The molecule has 0 amide bonds. The molecule has 0 aliphatic carbocycles. The maximum absolute atomic E-state index is 11.4. The molecule has 0 aromatic heterocycles. The Morgan fingerprint density at radius 2 is 1.76 bits per heavy atom. The summed E-state index contributed by atoms with van der Waals surface area (Å²) >= 11 is 0. The molecule has 0 atom stereocenters. The van der Waals surface area contributed by atoms with Gasteiger partial charge in [0.15, 0.2) is 0 Å². The lowest BCUT2D eigenvalue weighted by atomic mass is 10.1. The van der Waals surface area contributed by atoms with E-state index in [4.69, 9.17) is 4.74 Å². The van der Waals surface area contributed by atoms with E-state index in [-0.39, 0.29) is 18.4 Å². The van der Waals surface area contributed by atoms with Gasteiger partial charge >= 0.3 is 5.97 Å². The summed E-state index contributed by atoms with van der Waals surface area (Å²) in [4.78, 5) is 11.4. The molecule has 0 saturated carbocycles. The predicted molar refractivity (Wildman–Crippen MR) is 86.9 cm³/mol. The maximum atomic E-state index is 11.4. The van der Waals surface area contributed by atoms with Gasteiger partial charge in [-0.25, -0.2) is 4.79 Å². The lowest BCUT2D eigenvalue weighted by Gasteiger charge is -2.06. The molecule has 4 heteroatoms. The van der Waals surface area contributed by atoms with Crippen molar-refractivity contribution in [2.45, 2.75) is 13.0 Å². The summed E-state index contributed by atoms with van der Waals surface area (Å²) in [6, 6.07) is 17.9. The van der Waals surface area contributed by atoms with Crippen LogP contribution in [-0.2, 0) is 17.7 Å². The summed E-state index contributed by atoms with van der Waals surface area (Å²) in [6.07, 6.45) is 0.998. The second-order valence-corrected chi connectivity index (χ2v) is 4.60. The summed E-state index contributed by atoms with van der Waals surface area (Å²) in [6.45, 7) is 1.66. The number of benzene rings is 2. The molecule has 0 fully saturated rings. The van der Waals surface area contributed by atoms with Gasteiger partial charge in [-0.05, 0) is 36.2 Å². The van der Waals surface area contributed by atoms with Crippen LogP contribution < -0.4 is 5.32 Å². The molecule has 0 bridgehead atoms. The molecule has 0 aliphatic heterocycles. The van der Waals surface area contributed by atoms with Crippen LogP contribution in [-0.4, -0.2) is 19.6 Å². The third-order valence-corrected chi connectivity index (χ3v) is 3.11. The maximum Gasteiger partial charge on any atom is 0.337 e. The number of halogens is 1. The number of rotatable bonds is 6. The summed E-state index contributed by atoms with van der Waals surface area (Å²) in [7, 11) is 1.40. The SMILES string of the molecule is COC(=O)c1cccc(CNCCc2ccccc2)c1.Cl. The Kier molecular flexibility index (Phi) is 7.51. The van der Waals surface area contributed by atoms with Gasteiger partial charge in [-0.1, -0.05) is 42.5 Å². The van der Waals surface area contributed by atoms with E-state index in [1.165, 1.54) is 12.7 Å². The van der Waals surface area contributed by atoms with E-state index in [2.05, 4.69) is 29.6 Å². The van der Waals surface area contributed by atoms with Crippen molar-refractivity contribution in [3.63, 3.8) is 0 Å². The first kappa shape index (κ1) is 17.2. The third kappa shape index (κ3) is 5.58. The van der Waals surface area contributed by atoms with Gasteiger partial charge in [-0.3, -0.25) is 0 Å². The zero-order chi connectivity index (χ0) is 14.2. The summed E-state index contributed by atoms with van der Waals surface area (Å²) in [5.41, 5.74) is 3.00. The molecule has 3 nitrogen and oxygen atoms in total. The van der Waals surface area contributed by atoms with Gasteiger partial charge < -0.3 is 10.1 Å². The Labute approximate surface area is 131 Å². The Hall–Kier alpha value is -1.84. The number of hydrogen-bond acceptors (Lipinski definition) is 3. The highest BCUT2D eigenvalue weighted by molar-refractivity contribution is 5.89. The first-order chi connectivity index (χ1) is 9.79. The van der Waals surface area contributed by atoms with Crippen LogP contribution in [0.3, 0.4) is 0 Å². The molecular formula is C17H20ClNO2. The summed E-state index contributed by atoms with van der Waals surface area (Å²) in [5, 5.41) is 3.38. The van der Waals surface area contributed by atoms with Gasteiger partial charge in [0.2, 0.25) is 0 Å². The molecule has 0 saturated heterocycles. The van der Waals surface area contributed by atoms with Crippen molar-refractivity contribution < 1.29 is 9.53 Å². The monoisotopic (exact) mass is 305 g/mol. The minimum atomic E-state index is -0.295. The van der Waals surface area contributed by atoms with E-state index in [0.29, 0.717) is 5.56 Å². The highest BCUT2D eigenvalue weighted by Gasteiger charge is 2.05. The summed E-state index contributed by atoms with van der Waals surface area (Å²) < 4.78 is 4.72. The number of carbonyl (C=O) groups is 1. The molecular weight excluding hydrogens is 286 g/mol. The predicted octanol–water partition coefficient (Wildman–Crippen LogP) is 3.23. The molecule has 21 heavy (non-hydrogen) atoms. The van der Waals surface area contributed by atoms with E-state index in [1.54, 1.807) is 6.07 Å². The van der Waals surface area contributed by atoms with Crippen LogP contribution in [0.1, 0.15) is 21.5 Å². The lowest BCUT2D eigenvalue weighted by molar-refractivity contribution is 0.0600. The van der Waals surface area contributed by atoms with Crippen molar-refractivity contribution in [3.05, 3.63) is 71.3 Å². The van der Waals surface area contributed by atoms with E-state index in [0.717, 1.165) is 25.1 Å². The number of nitrogens with one attached hydrogen (secondary N) is 1. The molecule has 1 N–H and O–H groups in total. The topological polar surface area (TPSA) is 38.3 Å². The van der Waals surface area contributed by atoms with Crippen molar-refractivity contribution in [2.24, 2.45) is 0 Å². The van der Waals surface area contributed by atoms with Gasteiger partial charge in [0.05, 0.1) is 12.7 Å². The van der Waals surface area contributed by atoms with Crippen molar-refractivity contribution >= 4 is 18.4 Å².